The number of benzene rings is 2. The minimum Gasteiger partial charge on any atom is -0.383 e. The van der Waals surface area contributed by atoms with Crippen molar-refractivity contribution in [1.82, 2.24) is 10.3 Å². The molecule has 0 spiro atoms. The van der Waals surface area contributed by atoms with Gasteiger partial charge in [0.2, 0.25) is 0 Å². The average molecular weight is 312 g/mol. The molecule has 3 N–H and O–H groups in total. The monoisotopic (exact) mass is 311 g/mol. The molecule has 0 fully saturated rings. The lowest BCUT2D eigenvalue weighted by Gasteiger charge is -2.08. The SMILES string of the molecule is CNC(=O)c1ccc(-c2cc3cc(Cl)ccc3nc2N)cc1. The molecule has 110 valence electrons. The van der Waals surface area contributed by atoms with Gasteiger partial charge in [0.05, 0.1) is 5.52 Å². The number of hydrogen-bond acceptors (Lipinski definition) is 3. The highest BCUT2D eigenvalue weighted by Gasteiger charge is 2.09. The van der Waals surface area contributed by atoms with Crippen molar-refractivity contribution in [3.05, 3.63) is 59.1 Å². The quantitative estimate of drug-likeness (QED) is 0.761. The number of nitrogen functional groups attached to an aromatic ring is 1. The fraction of sp³-hybridized carbons (Fsp3) is 0.0588. The summed E-state index contributed by atoms with van der Waals surface area (Å²) in [6.07, 6.45) is 0. The zero-order valence-corrected chi connectivity index (χ0v) is 12.7. The Balaban J connectivity index is 2.09. The molecule has 0 bridgehead atoms. The number of fused-ring (bicyclic) bond motifs is 1. The summed E-state index contributed by atoms with van der Waals surface area (Å²) in [6.45, 7) is 0. The van der Waals surface area contributed by atoms with Crippen LogP contribution < -0.4 is 11.1 Å². The number of rotatable bonds is 2. The molecule has 0 radical (unpaired) electrons. The summed E-state index contributed by atoms with van der Waals surface area (Å²) in [6, 6.07) is 14.7. The lowest BCUT2D eigenvalue weighted by molar-refractivity contribution is 0.0963. The lowest BCUT2D eigenvalue weighted by Crippen LogP contribution is -2.17. The van der Waals surface area contributed by atoms with Gasteiger partial charge in [-0.15, -0.1) is 0 Å². The summed E-state index contributed by atoms with van der Waals surface area (Å²) in [7, 11) is 1.60. The van der Waals surface area contributed by atoms with Gasteiger partial charge in [-0.3, -0.25) is 4.79 Å². The first-order valence-electron chi connectivity index (χ1n) is 6.77. The van der Waals surface area contributed by atoms with Crippen LogP contribution in [0.1, 0.15) is 10.4 Å². The van der Waals surface area contributed by atoms with Gasteiger partial charge >= 0.3 is 0 Å². The van der Waals surface area contributed by atoms with Crippen LogP contribution in [0, 0.1) is 0 Å². The van der Waals surface area contributed by atoms with Crippen LogP contribution in [0.5, 0.6) is 0 Å². The number of hydrogen-bond donors (Lipinski definition) is 2. The highest BCUT2D eigenvalue weighted by molar-refractivity contribution is 6.31. The Hall–Kier alpha value is -2.59. The van der Waals surface area contributed by atoms with E-state index >= 15 is 0 Å². The molecule has 0 unspecified atom stereocenters. The van der Waals surface area contributed by atoms with E-state index in [4.69, 9.17) is 17.3 Å². The van der Waals surface area contributed by atoms with Crippen molar-refractivity contribution in [2.75, 3.05) is 12.8 Å². The van der Waals surface area contributed by atoms with Gasteiger partial charge in [0.25, 0.3) is 5.91 Å². The molecule has 3 rings (SSSR count). The fourth-order valence-electron chi connectivity index (χ4n) is 2.34. The summed E-state index contributed by atoms with van der Waals surface area (Å²) in [5.41, 5.74) is 9.17. The molecule has 0 atom stereocenters. The van der Waals surface area contributed by atoms with Crippen molar-refractivity contribution in [2.45, 2.75) is 0 Å². The first-order chi connectivity index (χ1) is 10.6. The van der Waals surface area contributed by atoms with Gasteiger partial charge in [-0.25, -0.2) is 4.98 Å². The highest BCUT2D eigenvalue weighted by Crippen LogP contribution is 2.29. The Bertz CT molecular complexity index is 860. The minimum absolute atomic E-state index is 0.122. The maximum atomic E-state index is 11.6. The number of nitrogens with one attached hydrogen (secondary N) is 1. The zero-order chi connectivity index (χ0) is 15.7. The Kier molecular flexibility index (Phi) is 3.69. The molecule has 1 aromatic heterocycles. The van der Waals surface area contributed by atoms with E-state index in [0.29, 0.717) is 16.4 Å². The van der Waals surface area contributed by atoms with Gasteiger partial charge in [-0.2, -0.15) is 0 Å². The lowest BCUT2D eigenvalue weighted by atomic mass is 10.0. The van der Waals surface area contributed by atoms with Gasteiger partial charge in [0.15, 0.2) is 0 Å². The molecule has 0 saturated carbocycles. The Morgan fingerprint density at radius 2 is 1.86 bits per heavy atom. The molecular weight excluding hydrogens is 298 g/mol. The molecule has 1 heterocycles. The zero-order valence-electron chi connectivity index (χ0n) is 11.9. The molecule has 0 aliphatic carbocycles. The van der Waals surface area contributed by atoms with Gasteiger partial charge in [0.1, 0.15) is 5.82 Å². The molecule has 0 saturated heterocycles. The molecule has 5 heteroatoms. The average Bonchev–Trinajstić information content (AvgIpc) is 2.54. The van der Waals surface area contributed by atoms with Crippen LogP contribution in [-0.2, 0) is 0 Å². The van der Waals surface area contributed by atoms with Crippen molar-refractivity contribution >= 4 is 34.2 Å². The minimum atomic E-state index is -0.122. The number of nitrogens with two attached hydrogens (primary N) is 1. The van der Waals surface area contributed by atoms with Crippen LogP contribution >= 0.6 is 11.6 Å². The predicted octanol–water partition coefficient (Wildman–Crippen LogP) is 3.50. The number of halogens is 1. The van der Waals surface area contributed by atoms with Crippen LogP contribution in [0.3, 0.4) is 0 Å². The van der Waals surface area contributed by atoms with E-state index in [9.17, 15) is 4.79 Å². The van der Waals surface area contributed by atoms with E-state index in [-0.39, 0.29) is 5.91 Å². The van der Waals surface area contributed by atoms with E-state index in [1.807, 2.05) is 30.3 Å². The molecule has 4 nitrogen and oxygen atoms in total. The third-order valence-electron chi connectivity index (χ3n) is 3.49. The van der Waals surface area contributed by atoms with Gasteiger partial charge in [0, 0.05) is 28.6 Å². The second kappa shape index (κ2) is 5.66. The van der Waals surface area contributed by atoms with Crippen molar-refractivity contribution < 1.29 is 4.79 Å². The van der Waals surface area contributed by atoms with Crippen LogP contribution in [0.25, 0.3) is 22.0 Å². The summed E-state index contributed by atoms with van der Waals surface area (Å²) >= 11 is 6.02. The van der Waals surface area contributed by atoms with Crippen molar-refractivity contribution in [3.63, 3.8) is 0 Å². The van der Waals surface area contributed by atoms with E-state index in [2.05, 4.69) is 10.3 Å². The maximum absolute atomic E-state index is 11.6. The van der Waals surface area contributed by atoms with Gasteiger partial charge < -0.3 is 11.1 Å². The molecule has 2 aromatic carbocycles. The molecule has 0 aliphatic rings. The Morgan fingerprint density at radius 3 is 2.55 bits per heavy atom. The largest absolute Gasteiger partial charge is 0.383 e. The van der Waals surface area contributed by atoms with E-state index in [1.165, 1.54) is 0 Å². The third-order valence-corrected chi connectivity index (χ3v) is 3.73. The fourth-order valence-corrected chi connectivity index (χ4v) is 2.52. The molecule has 1 amide bonds. The number of carbonyl (C=O) groups excluding carboxylic acids is 1. The number of carbonyl (C=O) groups is 1. The number of nitrogens with zero attached hydrogens (tertiary/aromatic N) is 1. The van der Waals surface area contributed by atoms with E-state index < -0.39 is 0 Å². The van der Waals surface area contributed by atoms with Gasteiger partial charge in [-0.1, -0.05) is 23.7 Å². The molecule has 3 aromatic rings. The van der Waals surface area contributed by atoms with Crippen molar-refractivity contribution in [2.24, 2.45) is 0 Å². The van der Waals surface area contributed by atoms with E-state index in [1.54, 1.807) is 25.2 Å². The smallest absolute Gasteiger partial charge is 0.251 e. The third kappa shape index (κ3) is 2.61. The first-order valence-corrected chi connectivity index (χ1v) is 7.14. The Morgan fingerprint density at radius 1 is 1.14 bits per heavy atom. The number of pyridine rings is 1. The first kappa shape index (κ1) is 14.4. The predicted molar refractivity (Wildman–Crippen MR) is 90.0 cm³/mol. The van der Waals surface area contributed by atoms with Crippen molar-refractivity contribution in [1.29, 1.82) is 0 Å². The number of amides is 1. The number of anilines is 1. The molecule has 22 heavy (non-hydrogen) atoms. The topological polar surface area (TPSA) is 68.0 Å². The molecule has 0 aliphatic heterocycles. The normalized spacial score (nSPS) is 10.6. The number of aromatic nitrogens is 1. The Labute approximate surface area is 132 Å². The maximum Gasteiger partial charge on any atom is 0.251 e. The molecular formula is C17H14ClN3O. The van der Waals surface area contributed by atoms with Crippen LogP contribution in [-0.4, -0.2) is 17.9 Å². The van der Waals surface area contributed by atoms with E-state index in [0.717, 1.165) is 22.0 Å². The second-order valence-corrected chi connectivity index (χ2v) is 5.35. The van der Waals surface area contributed by atoms with Crippen LogP contribution in [0.4, 0.5) is 5.82 Å². The van der Waals surface area contributed by atoms with Gasteiger partial charge in [-0.05, 0) is 42.0 Å². The summed E-state index contributed by atoms with van der Waals surface area (Å²) < 4.78 is 0. The van der Waals surface area contributed by atoms with Crippen LogP contribution in [0.2, 0.25) is 5.02 Å². The summed E-state index contributed by atoms with van der Waals surface area (Å²) in [5.74, 6) is 0.324. The van der Waals surface area contributed by atoms with Crippen LogP contribution in [0.15, 0.2) is 48.5 Å². The summed E-state index contributed by atoms with van der Waals surface area (Å²) in [4.78, 5) is 16.0. The highest BCUT2D eigenvalue weighted by atomic mass is 35.5. The summed E-state index contributed by atoms with van der Waals surface area (Å²) in [5, 5.41) is 4.17. The van der Waals surface area contributed by atoms with Crippen molar-refractivity contribution in [3.8, 4) is 11.1 Å². The standard InChI is InChI=1S/C17H14ClN3O/c1-20-17(22)11-4-2-10(3-5-11)14-9-12-8-13(18)6-7-15(12)21-16(14)19/h2-9H,1H3,(H2,19,21)(H,20,22). The second-order valence-electron chi connectivity index (χ2n) is 4.91.